The Bertz CT molecular complexity index is 937. The Balaban J connectivity index is 1.80. The Morgan fingerprint density at radius 2 is 1.85 bits per heavy atom. The van der Waals surface area contributed by atoms with E-state index in [1.807, 2.05) is 0 Å². The minimum atomic E-state index is -0.483. The highest BCUT2D eigenvalue weighted by atomic mass is 16.6. The number of aryl methyl sites for hydroxylation is 1. The fourth-order valence-electron chi connectivity index (χ4n) is 3.01. The number of nitrogens with one attached hydrogen (secondary N) is 1. The first-order chi connectivity index (χ1) is 12.8. The van der Waals surface area contributed by atoms with Crippen LogP contribution in [-0.4, -0.2) is 29.1 Å². The lowest BCUT2D eigenvalue weighted by Gasteiger charge is -2.28. The number of nitro groups is 1. The van der Waals surface area contributed by atoms with E-state index in [1.54, 1.807) is 24.3 Å². The van der Waals surface area contributed by atoms with Crippen LogP contribution in [0.15, 0.2) is 42.5 Å². The highest BCUT2D eigenvalue weighted by Crippen LogP contribution is 2.31. The zero-order chi connectivity index (χ0) is 19.6. The minimum Gasteiger partial charge on any atom is -0.326 e. The largest absolute Gasteiger partial charge is 0.326 e. The SMILES string of the molecule is CC(=O)Nc1ccc(C(=O)CN2C(=O)CCc3cc([N+](=O)[O-])ccc32)cc1. The summed E-state index contributed by atoms with van der Waals surface area (Å²) >= 11 is 0. The van der Waals surface area contributed by atoms with Crippen LogP contribution in [0.1, 0.15) is 29.3 Å². The molecule has 3 rings (SSSR count). The summed E-state index contributed by atoms with van der Waals surface area (Å²) in [6.07, 6.45) is 0.606. The molecule has 1 aliphatic heterocycles. The van der Waals surface area contributed by atoms with Crippen molar-refractivity contribution in [1.29, 1.82) is 0 Å². The van der Waals surface area contributed by atoms with Gasteiger partial charge in [-0.1, -0.05) is 0 Å². The van der Waals surface area contributed by atoms with E-state index in [9.17, 15) is 24.5 Å². The molecule has 8 nitrogen and oxygen atoms in total. The molecule has 8 heteroatoms. The number of carbonyl (C=O) groups is 3. The second kappa shape index (κ2) is 7.36. The van der Waals surface area contributed by atoms with E-state index in [0.29, 0.717) is 28.9 Å². The number of nitrogens with zero attached hydrogens (tertiary/aromatic N) is 2. The first-order valence-corrected chi connectivity index (χ1v) is 8.33. The summed E-state index contributed by atoms with van der Waals surface area (Å²) in [6, 6.07) is 10.7. The maximum atomic E-state index is 12.6. The van der Waals surface area contributed by atoms with E-state index < -0.39 is 4.92 Å². The molecule has 0 aromatic heterocycles. The van der Waals surface area contributed by atoms with Gasteiger partial charge in [-0.3, -0.25) is 24.5 Å². The number of anilines is 2. The van der Waals surface area contributed by atoms with Crippen LogP contribution in [0.3, 0.4) is 0 Å². The van der Waals surface area contributed by atoms with Gasteiger partial charge in [0, 0.05) is 42.4 Å². The molecule has 0 aliphatic carbocycles. The molecule has 2 amide bonds. The van der Waals surface area contributed by atoms with Gasteiger partial charge in [0.1, 0.15) is 0 Å². The quantitative estimate of drug-likeness (QED) is 0.496. The summed E-state index contributed by atoms with van der Waals surface area (Å²) in [5.74, 6) is -0.665. The van der Waals surface area contributed by atoms with Crippen molar-refractivity contribution in [1.82, 2.24) is 0 Å². The number of nitro benzene ring substituents is 1. The number of rotatable bonds is 5. The van der Waals surface area contributed by atoms with E-state index in [0.717, 1.165) is 0 Å². The molecule has 1 N–H and O–H groups in total. The summed E-state index contributed by atoms with van der Waals surface area (Å²) in [4.78, 5) is 47.8. The topological polar surface area (TPSA) is 110 Å². The van der Waals surface area contributed by atoms with Gasteiger partial charge in [0.15, 0.2) is 5.78 Å². The Morgan fingerprint density at radius 1 is 1.15 bits per heavy atom. The lowest BCUT2D eigenvalue weighted by Crippen LogP contribution is -2.39. The number of fused-ring (bicyclic) bond motifs is 1. The van der Waals surface area contributed by atoms with Gasteiger partial charge in [-0.05, 0) is 42.3 Å². The Hall–Kier alpha value is -3.55. The van der Waals surface area contributed by atoms with Crippen LogP contribution in [0, 0.1) is 10.1 Å². The summed E-state index contributed by atoms with van der Waals surface area (Å²) in [7, 11) is 0. The predicted octanol–water partition coefficient (Wildman–Crippen LogP) is 2.72. The zero-order valence-corrected chi connectivity index (χ0v) is 14.6. The number of hydrogen-bond donors (Lipinski definition) is 1. The number of non-ortho nitro benzene ring substituents is 1. The van der Waals surface area contributed by atoms with Crippen molar-refractivity contribution < 1.29 is 19.3 Å². The molecule has 2 aromatic carbocycles. The standard InChI is InChI=1S/C19H17N3O5/c1-12(23)20-15-5-2-13(3-6-15)18(24)11-21-17-8-7-16(22(26)27)10-14(17)4-9-19(21)25/h2-3,5-8,10H,4,9,11H2,1H3,(H,20,23). The van der Waals surface area contributed by atoms with Crippen LogP contribution in [0.5, 0.6) is 0 Å². The first-order valence-electron chi connectivity index (χ1n) is 8.33. The third-order valence-electron chi connectivity index (χ3n) is 4.30. The van der Waals surface area contributed by atoms with Gasteiger partial charge in [0.05, 0.1) is 11.5 Å². The van der Waals surface area contributed by atoms with Crippen molar-refractivity contribution in [3.05, 3.63) is 63.7 Å². The van der Waals surface area contributed by atoms with Gasteiger partial charge in [-0.25, -0.2) is 0 Å². The molecule has 0 bridgehead atoms. The van der Waals surface area contributed by atoms with Crippen LogP contribution < -0.4 is 10.2 Å². The second-order valence-corrected chi connectivity index (χ2v) is 6.23. The van der Waals surface area contributed by atoms with Gasteiger partial charge in [0.2, 0.25) is 11.8 Å². The second-order valence-electron chi connectivity index (χ2n) is 6.23. The Labute approximate surface area is 154 Å². The molecule has 1 heterocycles. The smallest absolute Gasteiger partial charge is 0.269 e. The van der Waals surface area contributed by atoms with E-state index in [-0.39, 0.29) is 36.3 Å². The summed E-state index contributed by atoms with van der Waals surface area (Å²) < 4.78 is 0. The van der Waals surface area contributed by atoms with Crippen molar-refractivity contribution >= 4 is 34.7 Å². The Kier molecular flexibility index (Phi) is 4.98. The average molecular weight is 367 g/mol. The normalized spacial score (nSPS) is 13.1. The molecule has 0 unspecified atom stereocenters. The highest BCUT2D eigenvalue weighted by Gasteiger charge is 2.27. The minimum absolute atomic E-state index is 0.0389. The molecule has 0 saturated carbocycles. The van der Waals surface area contributed by atoms with Crippen molar-refractivity contribution in [2.45, 2.75) is 19.8 Å². The Morgan fingerprint density at radius 3 is 2.48 bits per heavy atom. The van der Waals surface area contributed by atoms with Gasteiger partial charge in [-0.15, -0.1) is 0 Å². The zero-order valence-electron chi connectivity index (χ0n) is 14.6. The van der Waals surface area contributed by atoms with Crippen LogP contribution in [0.2, 0.25) is 0 Å². The van der Waals surface area contributed by atoms with Crippen molar-refractivity contribution in [3.8, 4) is 0 Å². The van der Waals surface area contributed by atoms with Crippen LogP contribution in [0.4, 0.5) is 17.1 Å². The van der Waals surface area contributed by atoms with E-state index in [2.05, 4.69) is 5.32 Å². The van der Waals surface area contributed by atoms with Gasteiger partial charge < -0.3 is 10.2 Å². The highest BCUT2D eigenvalue weighted by molar-refractivity contribution is 6.07. The van der Waals surface area contributed by atoms with Crippen molar-refractivity contribution in [3.63, 3.8) is 0 Å². The average Bonchev–Trinajstić information content (AvgIpc) is 2.63. The van der Waals surface area contributed by atoms with Crippen LogP contribution in [-0.2, 0) is 16.0 Å². The number of ketones is 1. The molecule has 0 spiro atoms. The number of benzene rings is 2. The van der Waals surface area contributed by atoms with Crippen LogP contribution >= 0.6 is 0 Å². The number of carbonyl (C=O) groups excluding carboxylic acids is 3. The molecule has 0 radical (unpaired) electrons. The molecule has 2 aromatic rings. The molecule has 0 saturated heterocycles. The molecule has 0 fully saturated rings. The molecular formula is C19H17N3O5. The van der Waals surface area contributed by atoms with Gasteiger partial charge in [-0.2, -0.15) is 0 Å². The van der Waals surface area contributed by atoms with Crippen LogP contribution in [0.25, 0.3) is 0 Å². The summed E-state index contributed by atoms with van der Waals surface area (Å²) in [6.45, 7) is 1.24. The lowest BCUT2D eigenvalue weighted by molar-refractivity contribution is -0.384. The molecule has 27 heavy (non-hydrogen) atoms. The van der Waals surface area contributed by atoms with E-state index in [1.165, 1.54) is 30.0 Å². The fourth-order valence-corrected chi connectivity index (χ4v) is 3.01. The first kappa shape index (κ1) is 18.2. The monoisotopic (exact) mass is 367 g/mol. The third-order valence-corrected chi connectivity index (χ3v) is 4.30. The third kappa shape index (κ3) is 4.00. The molecule has 138 valence electrons. The fraction of sp³-hybridized carbons (Fsp3) is 0.211. The molecular weight excluding hydrogens is 350 g/mol. The predicted molar refractivity (Wildman–Crippen MR) is 98.8 cm³/mol. The lowest BCUT2D eigenvalue weighted by atomic mass is 9.99. The van der Waals surface area contributed by atoms with Crippen molar-refractivity contribution in [2.75, 3.05) is 16.8 Å². The van der Waals surface area contributed by atoms with E-state index >= 15 is 0 Å². The van der Waals surface area contributed by atoms with E-state index in [4.69, 9.17) is 0 Å². The van der Waals surface area contributed by atoms with Gasteiger partial charge >= 0.3 is 0 Å². The number of Topliss-reactive ketones (excluding diaryl/α,β-unsaturated/α-hetero) is 1. The maximum absolute atomic E-state index is 12.6. The summed E-state index contributed by atoms with van der Waals surface area (Å²) in [5, 5.41) is 13.6. The number of hydrogen-bond acceptors (Lipinski definition) is 5. The molecule has 0 atom stereocenters. The molecule has 1 aliphatic rings. The summed E-state index contributed by atoms with van der Waals surface area (Å²) in [5.41, 5.74) is 2.15. The van der Waals surface area contributed by atoms with Crippen molar-refractivity contribution in [2.24, 2.45) is 0 Å². The maximum Gasteiger partial charge on any atom is 0.269 e. The van der Waals surface area contributed by atoms with Gasteiger partial charge in [0.25, 0.3) is 5.69 Å². The number of amides is 2.